The molecule has 0 saturated carbocycles. The number of ether oxygens (including phenoxy) is 1. The molecule has 1 aliphatic rings. The van der Waals surface area contributed by atoms with E-state index in [2.05, 4.69) is 25.8 Å². The van der Waals surface area contributed by atoms with Crippen molar-refractivity contribution in [2.24, 2.45) is 4.99 Å². The number of nitrogens with zero attached hydrogens (tertiary/aromatic N) is 4. The van der Waals surface area contributed by atoms with Crippen molar-refractivity contribution in [3.05, 3.63) is 139 Å². The largest absolute Gasteiger partial charge is 0.466 e. The van der Waals surface area contributed by atoms with Crippen molar-refractivity contribution < 1.29 is 13.9 Å². The maximum Gasteiger partial charge on any atom is 0.338 e. The highest BCUT2D eigenvalue weighted by atomic mass is 32.1. The van der Waals surface area contributed by atoms with Crippen molar-refractivity contribution in [2.45, 2.75) is 39.2 Å². The van der Waals surface area contributed by atoms with Crippen LogP contribution >= 0.6 is 11.3 Å². The monoisotopic (exact) mass is 606 g/mol. The first-order valence-electron chi connectivity index (χ1n) is 14.2. The topological polar surface area (TPSA) is 78.5 Å². The first-order valence-corrected chi connectivity index (χ1v) is 15.0. The summed E-state index contributed by atoms with van der Waals surface area (Å²) in [6.07, 6.45) is 3.63. The summed E-state index contributed by atoms with van der Waals surface area (Å²) in [4.78, 5) is 32.4. The first kappa shape index (κ1) is 29.2. The van der Waals surface area contributed by atoms with E-state index in [0.29, 0.717) is 37.4 Å². The van der Waals surface area contributed by atoms with Crippen molar-refractivity contribution in [2.75, 3.05) is 7.11 Å². The molecular weight excluding hydrogens is 575 g/mol. The van der Waals surface area contributed by atoms with Crippen LogP contribution in [-0.4, -0.2) is 27.4 Å². The SMILES string of the molecule is COC(=O)C1=C(C)N=c2sc(=Cc3cn(-c4ccccc4)nc3-c3ccc(F)cc3)c(=O)n2C1c1ccc(C(C)(C)C)cc1. The number of thiazole rings is 1. The minimum atomic E-state index is -0.710. The number of hydrogen-bond acceptors (Lipinski definition) is 6. The summed E-state index contributed by atoms with van der Waals surface area (Å²) in [6, 6.07) is 23.0. The number of fused-ring (bicyclic) bond motifs is 1. The van der Waals surface area contributed by atoms with Crippen LogP contribution in [0.25, 0.3) is 23.0 Å². The van der Waals surface area contributed by atoms with Crippen LogP contribution in [0, 0.1) is 5.82 Å². The Bertz CT molecular complexity index is 2080. The van der Waals surface area contributed by atoms with Crippen molar-refractivity contribution in [1.29, 1.82) is 0 Å². The third-order valence-corrected chi connectivity index (χ3v) is 8.67. The maximum atomic E-state index is 14.2. The third-order valence-electron chi connectivity index (χ3n) is 7.69. The van der Waals surface area contributed by atoms with E-state index in [0.717, 1.165) is 16.8 Å². The summed E-state index contributed by atoms with van der Waals surface area (Å²) in [5, 5.41) is 4.80. The van der Waals surface area contributed by atoms with E-state index in [-0.39, 0.29) is 16.8 Å². The number of halogens is 1. The number of benzene rings is 3. The van der Waals surface area contributed by atoms with Crippen LogP contribution in [0.15, 0.2) is 106 Å². The molecule has 5 aromatic rings. The van der Waals surface area contributed by atoms with Crippen LogP contribution in [0.3, 0.4) is 0 Å². The van der Waals surface area contributed by atoms with Gasteiger partial charge in [0, 0.05) is 17.3 Å². The fraction of sp³-hybridized carbons (Fsp3) is 0.200. The van der Waals surface area contributed by atoms with Crippen molar-refractivity contribution >= 4 is 23.4 Å². The van der Waals surface area contributed by atoms with Gasteiger partial charge in [-0.15, -0.1) is 0 Å². The van der Waals surface area contributed by atoms with Gasteiger partial charge in [-0.2, -0.15) is 5.10 Å². The average molecular weight is 607 g/mol. The second kappa shape index (κ2) is 11.3. The van der Waals surface area contributed by atoms with E-state index < -0.39 is 12.0 Å². The van der Waals surface area contributed by atoms with Crippen LogP contribution < -0.4 is 14.9 Å². The molecule has 0 spiro atoms. The molecule has 0 fully saturated rings. The Balaban J connectivity index is 1.55. The Hall–Kier alpha value is -4.89. The van der Waals surface area contributed by atoms with Crippen molar-refractivity contribution in [3.8, 4) is 16.9 Å². The molecule has 0 N–H and O–H groups in total. The third kappa shape index (κ3) is 5.35. The molecule has 0 saturated heterocycles. The average Bonchev–Trinajstić information content (AvgIpc) is 3.57. The molecule has 3 heterocycles. The lowest BCUT2D eigenvalue weighted by Gasteiger charge is -2.25. The highest BCUT2D eigenvalue weighted by Gasteiger charge is 2.33. The molecule has 0 radical (unpaired) electrons. The van der Waals surface area contributed by atoms with Gasteiger partial charge in [0.15, 0.2) is 4.80 Å². The van der Waals surface area contributed by atoms with Crippen molar-refractivity contribution in [3.63, 3.8) is 0 Å². The Labute approximate surface area is 257 Å². The molecule has 7 nitrogen and oxygen atoms in total. The van der Waals surface area contributed by atoms with Gasteiger partial charge in [0.05, 0.1) is 34.6 Å². The molecule has 3 aromatic carbocycles. The standard InChI is InChI=1S/C35H31FN4O3S/c1-21-29(33(42)43-5)31(23-11-15-25(16-12-23)35(2,3)4)40-32(41)28(44-34(40)37-21)19-24-20-39(27-9-7-6-8-10-27)38-30(24)22-13-17-26(36)18-14-22/h6-20,31H,1-5H3. The molecule has 1 atom stereocenters. The van der Waals surface area contributed by atoms with Gasteiger partial charge in [-0.3, -0.25) is 9.36 Å². The Morgan fingerprint density at radius 3 is 2.32 bits per heavy atom. The lowest BCUT2D eigenvalue weighted by atomic mass is 9.85. The smallest absolute Gasteiger partial charge is 0.338 e. The summed E-state index contributed by atoms with van der Waals surface area (Å²) in [5.74, 6) is -0.883. The molecule has 1 unspecified atom stereocenters. The molecule has 1 aliphatic heterocycles. The van der Waals surface area contributed by atoms with Gasteiger partial charge in [-0.1, -0.05) is 74.6 Å². The summed E-state index contributed by atoms with van der Waals surface area (Å²) >= 11 is 1.24. The van der Waals surface area contributed by atoms with Crippen molar-refractivity contribution in [1.82, 2.24) is 14.3 Å². The minimum Gasteiger partial charge on any atom is -0.466 e. The number of rotatable bonds is 5. The molecule has 9 heteroatoms. The zero-order valence-electron chi connectivity index (χ0n) is 25.0. The minimum absolute atomic E-state index is 0.0592. The quantitative estimate of drug-likeness (QED) is 0.241. The summed E-state index contributed by atoms with van der Waals surface area (Å²) < 4.78 is 22.7. The predicted octanol–water partition coefficient (Wildman–Crippen LogP) is 5.70. The number of esters is 1. The van der Waals surface area contributed by atoms with E-state index in [1.165, 1.54) is 30.6 Å². The summed E-state index contributed by atoms with van der Waals surface area (Å²) in [5.41, 5.74) is 5.22. The van der Waals surface area contributed by atoms with Gasteiger partial charge in [-0.05, 0) is 65.9 Å². The fourth-order valence-electron chi connectivity index (χ4n) is 5.35. The van der Waals surface area contributed by atoms with Crippen LogP contribution in [-0.2, 0) is 14.9 Å². The Morgan fingerprint density at radius 2 is 1.68 bits per heavy atom. The lowest BCUT2D eigenvalue weighted by molar-refractivity contribution is -0.136. The van der Waals surface area contributed by atoms with E-state index in [1.54, 1.807) is 34.4 Å². The number of aromatic nitrogens is 3. The van der Waals surface area contributed by atoms with E-state index in [4.69, 9.17) is 9.84 Å². The zero-order chi connectivity index (χ0) is 31.2. The molecule has 0 aliphatic carbocycles. The van der Waals surface area contributed by atoms with Crippen LogP contribution in [0.4, 0.5) is 4.39 Å². The molecule has 222 valence electrons. The number of methoxy groups -OCH3 is 1. The fourth-order valence-corrected chi connectivity index (χ4v) is 6.39. The van der Waals surface area contributed by atoms with Gasteiger partial charge < -0.3 is 4.74 Å². The molecule has 0 bridgehead atoms. The second-order valence-corrected chi connectivity index (χ2v) is 12.7. The summed E-state index contributed by atoms with van der Waals surface area (Å²) in [7, 11) is 1.33. The van der Waals surface area contributed by atoms with Gasteiger partial charge in [0.25, 0.3) is 5.56 Å². The number of carbonyl (C=O) groups is 1. The second-order valence-electron chi connectivity index (χ2n) is 11.7. The molecule has 0 amide bonds. The van der Waals surface area contributed by atoms with E-state index in [9.17, 15) is 14.0 Å². The molecule has 6 rings (SSSR count). The number of allylic oxidation sites excluding steroid dienone is 1. The van der Waals surface area contributed by atoms with Gasteiger partial charge in [-0.25, -0.2) is 18.9 Å². The Morgan fingerprint density at radius 1 is 1.00 bits per heavy atom. The molecule has 44 heavy (non-hydrogen) atoms. The predicted molar refractivity (Wildman–Crippen MR) is 170 cm³/mol. The number of hydrogen-bond donors (Lipinski definition) is 0. The van der Waals surface area contributed by atoms with E-state index in [1.807, 2.05) is 60.8 Å². The Kier molecular flexibility index (Phi) is 7.51. The summed E-state index contributed by atoms with van der Waals surface area (Å²) in [6.45, 7) is 8.16. The van der Waals surface area contributed by atoms with Crippen LogP contribution in [0.5, 0.6) is 0 Å². The number of para-hydroxylation sites is 1. The molecular formula is C35H31FN4O3S. The van der Waals surface area contributed by atoms with E-state index >= 15 is 0 Å². The molecule has 2 aromatic heterocycles. The normalized spacial score (nSPS) is 15.2. The lowest BCUT2D eigenvalue weighted by Crippen LogP contribution is -2.39. The van der Waals surface area contributed by atoms with Gasteiger partial charge in [0.2, 0.25) is 0 Å². The zero-order valence-corrected chi connectivity index (χ0v) is 25.9. The highest BCUT2D eigenvalue weighted by Crippen LogP contribution is 2.32. The first-order chi connectivity index (χ1) is 21.0. The number of carbonyl (C=O) groups excluding carboxylic acids is 1. The van der Waals surface area contributed by atoms with Crippen LogP contribution in [0.1, 0.15) is 50.4 Å². The van der Waals surface area contributed by atoms with Crippen LogP contribution in [0.2, 0.25) is 0 Å². The van der Waals surface area contributed by atoms with Gasteiger partial charge >= 0.3 is 5.97 Å². The highest BCUT2D eigenvalue weighted by molar-refractivity contribution is 7.07. The van der Waals surface area contributed by atoms with Gasteiger partial charge in [0.1, 0.15) is 11.5 Å². The maximum absolute atomic E-state index is 14.2.